The Morgan fingerprint density at radius 2 is 0.846 bits per heavy atom. The fourth-order valence-electron chi connectivity index (χ4n) is 5.03. The van der Waals surface area contributed by atoms with Crippen molar-refractivity contribution in [1.29, 1.82) is 0 Å². The zero-order valence-electron chi connectivity index (χ0n) is 26.8. The summed E-state index contributed by atoms with van der Waals surface area (Å²) in [5, 5.41) is 0. The van der Waals surface area contributed by atoms with E-state index in [0.717, 1.165) is 82.0 Å². The van der Waals surface area contributed by atoms with Crippen molar-refractivity contribution in [1.82, 2.24) is 0 Å². The van der Waals surface area contributed by atoms with Crippen LogP contribution in [-0.2, 0) is 15.7 Å². The first-order valence-corrected chi connectivity index (χ1v) is 29.1. The molecule has 230 valence electrons. The van der Waals surface area contributed by atoms with Crippen LogP contribution < -0.4 is 0 Å². The summed E-state index contributed by atoms with van der Waals surface area (Å²) in [5.74, 6) is -0.451. The molecule has 0 unspecified atom stereocenters. The molecule has 0 aliphatic carbocycles. The predicted molar refractivity (Wildman–Crippen MR) is 175 cm³/mol. The van der Waals surface area contributed by atoms with Gasteiger partial charge < -0.3 is 0 Å². The third-order valence-corrected chi connectivity index (χ3v) is 22.9. The molecule has 0 radical (unpaired) electrons. The Bertz CT molecular complexity index is 593. The molecule has 0 saturated heterocycles. The minimum absolute atomic E-state index is 0.194. The van der Waals surface area contributed by atoms with Crippen LogP contribution in [-0.4, -0.2) is 52.3 Å². The van der Waals surface area contributed by atoms with Gasteiger partial charge in [0.15, 0.2) is 0 Å². The first-order chi connectivity index (χ1) is 19.0. The average Bonchev–Trinajstić information content (AvgIpc) is 2.93. The molecular weight excluding hydrogens is 698 g/mol. The Kier molecular flexibility index (Phi) is 30.0. The molecule has 39 heavy (non-hydrogen) atoms. The van der Waals surface area contributed by atoms with Gasteiger partial charge in [-0.25, -0.2) is 0 Å². The Balaban J connectivity index is 5.02. The van der Waals surface area contributed by atoms with Crippen molar-refractivity contribution in [3.63, 3.8) is 0 Å². The SMILES string of the molecule is CCCCCCCCCCCCC/C(=C/C(=O)[O][SnH]([CH2]CCC)[CH2]CCC)C(=O)[O][SnH]([CH2]CCC)[CH2]CCC. The van der Waals surface area contributed by atoms with Gasteiger partial charge in [-0.05, 0) is 0 Å². The first-order valence-electron chi connectivity index (χ1n) is 17.1. The molecule has 0 aromatic heterocycles. The molecule has 0 fully saturated rings. The summed E-state index contributed by atoms with van der Waals surface area (Å²) in [6, 6.07) is 0. The fourth-order valence-corrected chi connectivity index (χ4v) is 20.3. The van der Waals surface area contributed by atoms with Crippen LogP contribution in [0.4, 0.5) is 0 Å². The molecule has 0 rings (SSSR count). The van der Waals surface area contributed by atoms with E-state index < -0.39 is 40.3 Å². The normalized spacial score (nSPS) is 11.9. The second kappa shape index (κ2) is 29.8. The number of carbonyl (C=O) groups excluding carboxylic acids is 2. The third kappa shape index (κ3) is 24.6. The number of rotatable bonds is 28. The second-order valence-corrected chi connectivity index (χ2v) is 26.6. The van der Waals surface area contributed by atoms with Gasteiger partial charge in [0.25, 0.3) is 0 Å². The van der Waals surface area contributed by atoms with E-state index >= 15 is 0 Å². The molecule has 0 aromatic carbocycles. The molecule has 0 saturated carbocycles. The summed E-state index contributed by atoms with van der Waals surface area (Å²) in [6.07, 6.45) is 25.4. The molecule has 0 atom stereocenters. The molecule has 0 heterocycles. The van der Waals surface area contributed by atoms with E-state index in [1.54, 1.807) is 6.08 Å². The molecule has 0 N–H and O–H groups in total. The van der Waals surface area contributed by atoms with Gasteiger partial charge in [-0.2, -0.15) is 0 Å². The van der Waals surface area contributed by atoms with Crippen LogP contribution in [0.5, 0.6) is 0 Å². The molecular formula is C33H66O4Sn2. The summed E-state index contributed by atoms with van der Waals surface area (Å²) < 4.78 is 16.8. The van der Waals surface area contributed by atoms with Gasteiger partial charge in [0.1, 0.15) is 0 Å². The van der Waals surface area contributed by atoms with Crippen LogP contribution in [0.1, 0.15) is 163 Å². The second-order valence-electron chi connectivity index (χ2n) is 11.6. The Morgan fingerprint density at radius 1 is 0.487 bits per heavy atom. The zero-order chi connectivity index (χ0) is 29.0. The average molecular weight is 764 g/mol. The van der Waals surface area contributed by atoms with Crippen molar-refractivity contribution < 1.29 is 15.7 Å². The van der Waals surface area contributed by atoms with Crippen molar-refractivity contribution in [2.45, 2.75) is 181 Å². The van der Waals surface area contributed by atoms with Crippen LogP contribution in [0, 0.1) is 0 Å². The third-order valence-electron chi connectivity index (χ3n) is 7.68. The summed E-state index contributed by atoms with van der Waals surface area (Å²) in [6.45, 7) is 11.1. The standard InChI is InChI=1S/C17H30O4.4C4H9.2Sn.2H/c1-2-3-4-5-6-7-8-9-10-11-12-13-15(17(20)21)14-16(18)19;4*1-3-4-2;;;;/h14H,2-13H2,1H3,(H,18,19)(H,20,21);4*1,3-4H2,2H3;;;;/q;;;;;2*+1;;/p-2/b15-14-;;;;;;;;. The Hall–Kier alpha value is 0.277. The first kappa shape index (κ1) is 39.3. The Labute approximate surface area is 258 Å². The van der Waals surface area contributed by atoms with Gasteiger partial charge >= 0.3 is 234 Å². The summed E-state index contributed by atoms with van der Waals surface area (Å²) >= 11 is -4.73. The van der Waals surface area contributed by atoms with Gasteiger partial charge in [-0.3, -0.25) is 0 Å². The minimum atomic E-state index is -2.38. The quantitative estimate of drug-likeness (QED) is 0.0452. The van der Waals surface area contributed by atoms with Crippen LogP contribution in [0.2, 0.25) is 17.7 Å². The van der Waals surface area contributed by atoms with E-state index in [1.807, 2.05) is 0 Å². The van der Waals surface area contributed by atoms with Gasteiger partial charge in [0.2, 0.25) is 0 Å². The van der Waals surface area contributed by atoms with E-state index in [0.29, 0.717) is 12.0 Å². The number of unbranched alkanes of at least 4 members (excludes halogenated alkanes) is 14. The Morgan fingerprint density at radius 3 is 1.26 bits per heavy atom. The van der Waals surface area contributed by atoms with Crippen molar-refractivity contribution in [2.24, 2.45) is 0 Å². The molecule has 6 heteroatoms. The van der Waals surface area contributed by atoms with Crippen molar-refractivity contribution in [2.75, 3.05) is 0 Å². The van der Waals surface area contributed by atoms with Crippen LogP contribution in [0.15, 0.2) is 11.6 Å². The number of carbonyl (C=O) groups is 2. The predicted octanol–water partition coefficient (Wildman–Crippen LogP) is 10.3. The number of hydrogen-bond donors (Lipinski definition) is 0. The molecule has 0 aliphatic rings. The van der Waals surface area contributed by atoms with Gasteiger partial charge in [-0.15, -0.1) is 0 Å². The van der Waals surface area contributed by atoms with E-state index in [1.165, 1.54) is 57.8 Å². The molecule has 0 bridgehead atoms. The van der Waals surface area contributed by atoms with E-state index in [2.05, 4.69) is 34.6 Å². The topological polar surface area (TPSA) is 52.6 Å². The van der Waals surface area contributed by atoms with Crippen LogP contribution in [0.25, 0.3) is 0 Å². The van der Waals surface area contributed by atoms with Gasteiger partial charge in [0, 0.05) is 0 Å². The zero-order valence-corrected chi connectivity index (χ0v) is 33.4. The molecule has 0 spiro atoms. The van der Waals surface area contributed by atoms with Gasteiger partial charge in [0.05, 0.1) is 0 Å². The maximum absolute atomic E-state index is 13.3. The van der Waals surface area contributed by atoms with E-state index in [-0.39, 0.29) is 11.9 Å². The summed E-state index contributed by atoms with van der Waals surface area (Å²) in [7, 11) is 0. The number of hydrogen-bond acceptors (Lipinski definition) is 4. The van der Waals surface area contributed by atoms with Gasteiger partial charge in [-0.1, -0.05) is 26.2 Å². The van der Waals surface area contributed by atoms with Crippen molar-refractivity contribution >= 4 is 52.3 Å². The fraction of sp³-hybridized carbons (Fsp3) is 0.879. The molecule has 0 aliphatic heterocycles. The monoisotopic (exact) mass is 766 g/mol. The van der Waals surface area contributed by atoms with Crippen molar-refractivity contribution in [3.8, 4) is 0 Å². The summed E-state index contributed by atoms with van der Waals surface area (Å²) in [4.78, 5) is 26.3. The van der Waals surface area contributed by atoms with E-state index in [4.69, 9.17) is 6.15 Å². The summed E-state index contributed by atoms with van der Waals surface area (Å²) in [5.41, 5.74) is 0.585. The molecule has 0 aromatic rings. The molecule has 4 nitrogen and oxygen atoms in total. The van der Waals surface area contributed by atoms with Crippen LogP contribution >= 0.6 is 0 Å². The van der Waals surface area contributed by atoms with Crippen LogP contribution in [0.3, 0.4) is 0 Å². The van der Waals surface area contributed by atoms with E-state index in [9.17, 15) is 9.59 Å². The molecule has 0 amide bonds. The van der Waals surface area contributed by atoms with Crippen molar-refractivity contribution in [3.05, 3.63) is 11.6 Å². The maximum atomic E-state index is 13.3.